The summed E-state index contributed by atoms with van der Waals surface area (Å²) < 4.78 is 7.15. The van der Waals surface area contributed by atoms with E-state index >= 15 is 0 Å². The topological polar surface area (TPSA) is 51.5 Å². The van der Waals surface area contributed by atoms with Gasteiger partial charge in [0.25, 0.3) is 5.91 Å². The molecule has 1 rings (SSSR count). The first-order valence-electron chi connectivity index (χ1n) is 5.56. The van der Waals surface area contributed by atoms with Crippen LogP contribution in [-0.4, -0.2) is 41.0 Å². The van der Waals surface area contributed by atoms with E-state index in [9.17, 15) is 9.59 Å². The van der Waals surface area contributed by atoms with Crippen LogP contribution in [0.25, 0.3) is 0 Å². The lowest BCUT2D eigenvalue weighted by atomic mass is 10.2. The Morgan fingerprint density at radius 2 is 2.11 bits per heavy atom. The molecule has 100 valence electrons. The summed E-state index contributed by atoms with van der Waals surface area (Å²) in [5.74, 6) is -0.617. The summed E-state index contributed by atoms with van der Waals surface area (Å²) in [5, 5.41) is 0. The van der Waals surface area contributed by atoms with Crippen LogP contribution in [0.15, 0.2) is 16.7 Å². The fourth-order valence-corrected chi connectivity index (χ4v) is 2.10. The standard InChI is InChI=1S/C12H17BrN2O3/c1-8(2)15(7-11(16)18-4)12(17)10-5-9(13)6-14(10)3/h5-6,8H,7H2,1-4H3. The highest BCUT2D eigenvalue weighted by Gasteiger charge is 2.24. The van der Waals surface area contributed by atoms with Crippen LogP contribution in [0.4, 0.5) is 0 Å². The molecule has 0 radical (unpaired) electrons. The number of carbonyl (C=O) groups is 2. The molecule has 5 nitrogen and oxygen atoms in total. The molecular weight excluding hydrogens is 300 g/mol. The smallest absolute Gasteiger partial charge is 0.325 e. The molecule has 0 saturated heterocycles. The summed E-state index contributed by atoms with van der Waals surface area (Å²) in [5.41, 5.74) is 0.527. The van der Waals surface area contributed by atoms with Crippen LogP contribution < -0.4 is 0 Å². The number of carbonyl (C=O) groups excluding carboxylic acids is 2. The lowest BCUT2D eigenvalue weighted by molar-refractivity contribution is -0.141. The summed E-state index contributed by atoms with van der Waals surface area (Å²) >= 11 is 3.32. The van der Waals surface area contributed by atoms with Gasteiger partial charge in [0.15, 0.2) is 0 Å². The lowest BCUT2D eigenvalue weighted by Gasteiger charge is -2.25. The van der Waals surface area contributed by atoms with Gasteiger partial charge in [-0.3, -0.25) is 9.59 Å². The third-order valence-corrected chi connectivity index (χ3v) is 3.04. The molecule has 6 heteroatoms. The van der Waals surface area contributed by atoms with Crippen LogP contribution in [0.2, 0.25) is 0 Å². The average molecular weight is 317 g/mol. The van der Waals surface area contributed by atoms with E-state index in [0.29, 0.717) is 5.69 Å². The van der Waals surface area contributed by atoms with Crippen molar-refractivity contribution < 1.29 is 14.3 Å². The number of ether oxygens (including phenoxy) is 1. The predicted molar refractivity (Wildman–Crippen MR) is 71.3 cm³/mol. The van der Waals surface area contributed by atoms with Crippen LogP contribution in [0, 0.1) is 0 Å². The third-order valence-electron chi connectivity index (χ3n) is 2.60. The van der Waals surface area contributed by atoms with E-state index in [1.807, 2.05) is 13.8 Å². The molecule has 0 bridgehead atoms. The van der Waals surface area contributed by atoms with E-state index in [1.165, 1.54) is 12.0 Å². The van der Waals surface area contributed by atoms with Crippen molar-refractivity contribution in [1.29, 1.82) is 0 Å². The van der Waals surface area contributed by atoms with E-state index in [2.05, 4.69) is 20.7 Å². The van der Waals surface area contributed by atoms with E-state index in [4.69, 9.17) is 0 Å². The fraction of sp³-hybridized carbons (Fsp3) is 0.500. The zero-order chi connectivity index (χ0) is 13.9. The summed E-state index contributed by atoms with van der Waals surface area (Å²) in [6, 6.07) is 1.65. The van der Waals surface area contributed by atoms with Gasteiger partial charge in [-0.1, -0.05) is 0 Å². The molecule has 0 atom stereocenters. The van der Waals surface area contributed by atoms with E-state index in [-0.39, 0.29) is 18.5 Å². The largest absolute Gasteiger partial charge is 0.468 e. The van der Waals surface area contributed by atoms with Gasteiger partial charge in [0.2, 0.25) is 0 Å². The zero-order valence-corrected chi connectivity index (χ0v) is 12.5. The molecule has 1 amide bonds. The Morgan fingerprint density at radius 1 is 1.50 bits per heavy atom. The van der Waals surface area contributed by atoms with Gasteiger partial charge in [-0.05, 0) is 35.8 Å². The summed E-state index contributed by atoms with van der Waals surface area (Å²) in [6.07, 6.45) is 1.80. The normalized spacial score (nSPS) is 10.6. The highest BCUT2D eigenvalue weighted by molar-refractivity contribution is 9.10. The predicted octanol–water partition coefficient (Wildman–Crippen LogP) is 1.81. The molecule has 0 aliphatic rings. The summed E-state index contributed by atoms with van der Waals surface area (Å²) in [7, 11) is 3.10. The van der Waals surface area contributed by atoms with Gasteiger partial charge in [-0.15, -0.1) is 0 Å². The molecule has 18 heavy (non-hydrogen) atoms. The van der Waals surface area contributed by atoms with Crippen molar-refractivity contribution in [2.24, 2.45) is 7.05 Å². The van der Waals surface area contributed by atoms with Gasteiger partial charge < -0.3 is 14.2 Å². The van der Waals surface area contributed by atoms with Crippen molar-refractivity contribution in [3.63, 3.8) is 0 Å². The fourth-order valence-electron chi connectivity index (χ4n) is 1.58. The Bertz CT molecular complexity index is 454. The molecule has 1 aromatic heterocycles. The molecule has 0 N–H and O–H groups in total. The van der Waals surface area contributed by atoms with Gasteiger partial charge in [-0.2, -0.15) is 0 Å². The average Bonchev–Trinajstić information content (AvgIpc) is 2.63. The number of rotatable bonds is 4. The maximum Gasteiger partial charge on any atom is 0.325 e. The first kappa shape index (κ1) is 14.8. The number of esters is 1. The number of aromatic nitrogens is 1. The Kier molecular flexibility index (Phi) is 4.95. The minimum atomic E-state index is -0.426. The molecular formula is C12H17BrN2O3. The van der Waals surface area contributed by atoms with E-state index < -0.39 is 5.97 Å². The van der Waals surface area contributed by atoms with Crippen LogP contribution in [-0.2, 0) is 16.6 Å². The first-order valence-corrected chi connectivity index (χ1v) is 6.35. The molecule has 0 spiro atoms. The van der Waals surface area contributed by atoms with Gasteiger partial charge in [-0.25, -0.2) is 0 Å². The van der Waals surface area contributed by atoms with Gasteiger partial charge in [0, 0.05) is 23.8 Å². The SMILES string of the molecule is COC(=O)CN(C(=O)c1cc(Br)cn1C)C(C)C. The molecule has 0 aliphatic heterocycles. The molecule has 1 aromatic rings. The minimum Gasteiger partial charge on any atom is -0.468 e. The first-order chi connectivity index (χ1) is 8.36. The van der Waals surface area contributed by atoms with Gasteiger partial charge in [0.1, 0.15) is 12.2 Å². The van der Waals surface area contributed by atoms with Crippen molar-refractivity contribution in [2.75, 3.05) is 13.7 Å². The molecule has 0 fully saturated rings. The molecule has 0 unspecified atom stereocenters. The number of hydrogen-bond donors (Lipinski definition) is 0. The van der Waals surface area contributed by atoms with Crippen molar-refractivity contribution in [3.8, 4) is 0 Å². The Morgan fingerprint density at radius 3 is 2.50 bits per heavy atom. The number of nitrogens with zero attached hydrogens (tertiary/aromatic N) is 2. The second kappa shape index (κ2) is 6.04. The maximum atomic E-state index is 12.3. The molecule has 1 heterocycles. The van der Waals surface area contributed by atoms with Crippen LogP contribution in [0.1, 0.15) is 24.3 Å². The Balaban J connectivity index is 2.96. The number of aryl methyl sites for hydroxylation is 1. The van der Waals surface area contributed by atoms with Crippen molar-refractivity contribution >= 4 is 27.8 Å². The maximum absolute atomic E-state index is 12.3. The molecule has 0 aromatic carbocycles. The number of hydrogen-bond acceptors (Lipinski definition) is 3. The number of halogens is 1. The van der Waals surface area contributed by atoms with Crippen molar-refractivity contribution in [3.05, 3.63) is 22.4 Å². The van der Waals surface area contributed by atoms with Crippen LogP contribution >= 0.6 is 15.9 Å². The second-order valence-corrected chi connectivity index (χ2v) is 5.17. The number of amides is 1. The second-order valence-electron chi connectivity index (χ2n) is 4.26. The highest BCUT2D eigenvalue weighted by Crippen LogP contribution is 2.16. The zero-order valence-electron chi connectivity index (χ0n) is 10.9. The Labute approximate surface area is 115 Å². The van der Waals surface area contributed by atoms with Crippen LogP contribution in [0.5, 0.6) is 0 Å². The van der Waals surface area contributed by atoms with E-state index in [0.717, 1.165) is 4.47 Å². The van der Waals surface area contributed by atoms with Crippen molar-refractivity contribution in [2.45, 2.75) is 19.9 Å². The monoisotopic (exact) mass is 316 g/mol. The summed E-state index contributed by atoms with van der Waals surface area (Å²) in [4.78, 5) is 25.1. The lowest BCUT2D eigenvalue weighted by Crippen LogP contribution is -2.41. The Hall–Kier alpha value is -1.30. The van der Waals surface area contributed by atoms with Crippen LogP contribution in [0.3, 0.4) is 0 Å². The van der Waals surface area contributed by atoms with E-state index in [1.54, 1.807) is 23.9 Å². The third kappa shape index (κ3) is 3.35. The molecule has 0 aliphatic carbocycles. The van der Waals surface area contributed by atoms with Gasteiger partial charge >= 0.3 is 5.97 Å². The van der Waals surface area contributed by atoms with Gasteiger partial charge in [0.05, 0.1) is 7.11 Å². The highest BCUT2D eigenvalue weighted by atomic mass is 79.9. The minimum absolute atomic E-state index is 0.0458. The van der Waals surface area contributed by atoms with Crippen molar-refractivity contribution in [1.82, 2.24) is 9.47 Å². The number of methoxy groups -OCH3 is 1. The quantitative estimate of drug-likeness (QED) is 0.796. The molecule has 0 saturated carbocycles. The summed E-state index contributed by atoms with van der Waals surface area (Å²) in [6.45, 7) is 3.67.